The molecule has 0 unspecified atom stereocenters. The van der Waals surface area contributed by atoms with E-state index in [-0.39, 0.29) is 12.1 Å². The summed E-state index contributed by atoms with van der Waals surface area (Å²) >= 11 is 0. The molecule has 1 aromatic carbocycles. The predicted molar refractivity (Wildman–Crippen MR) is 76.7 cm³/mol. The highest BCUT2D eigenvalue weighted by Crippen LogP contribution is 2.09. The van der Waals surface area contributed by atoms with Gasteiger partial charge in [-0.2, -0.15) is 0 Å². The third-order valence-corrected chi connectivity index (χ3v) is 2.83. The van der Waals surface area contributed by atoms with Crippen molar-refractivity contribution in [2.24, 2.45) is 5.92 Å². The number of hydrogen-bond donors (Lipinski definition) is 2. The Morgan fingerprint density at radius 3 is 2.39 bits per heavy atom. The number of carbonyl (C=O) groups excluding carboxylic acids is 1. The van der Waals surface area contributed by atoms with E-state index in [1.54, 1.807) is 0 Å². The van der Waals surface area contributed by atoms with Crippen molar-refractivity contribution >= 4 is 11.7 Å². The monoisotopic (exact) mass is 248 g/mol. The molecule has 0 fully saturated rings. The summed E-state index contributed by atoms with van der Waals surface area (Å²) in [6.07, 6.45) is 3.40. The van der Waals surface area contributed by atoms with E-state index in [9.17, 15) is 4.79 Å². The van der Waals surface area contributed by atoms with E-state index in [0.29, 0.717) is 0 Å². The maximum atomic E-state index is 11.7. The summed E-state index contributed by atoms with van der Waals surface area (Å²) in [6.45, 7) is 6.49. The smallest absolute Gasteiger partial charge is 0.319 e. The van der Waals surface area contributed by atoms with Gasteiger partial charge in [0.1, 0.15) is 0 Å². The van der Waals surface area contributed by atoms with Gasteiger partial charge < -0.3 is 10.6 Å². The summed E-state index contributed by atoms with van der Waals surface area (Å²) in [5, 5.41) is 5.77. The number of carbonyl (C=O) groups is 1. The number of rotatable bonds is 6. The maximum absolute atomic E-state index is 11.7. The Labute approximate surface area is 110 Å². The number of para-hydroxylation sites is 1. The molecule has 0 saturated carbocycles. The van der Waals surface area contributed by atoms with Crippen LogP contribution < -0.4 is 10.6 Å². The fourth-order valence-corrected chi connectivity index (χ4v) is 1.82. The molecule has 2 amide bonds. The largest absolute Gasteiger partial charge is 0.335 e. The molecule has 0 bridgehead atoms. The molecule has 0 aliphatic rings. The van der Waals surface area contributed by atoms with Crippen molar-refractivity contribution in [3.8, 4) is 0 Å². The average Bonchev–Trinajstić information content (AvgIpc) is 2.29. The number of anilines is 1. The fraction of sp³-hybridized carbons (Fsp3) is 0.533. The minimum Gasteiger partial charge on any atom is -0.335 e. The lowest BCUT2D eigenvalue weighted by Gasteiger charge is -2.15. The van der Waals surface area contributed by atoms with Crippen LogP contribution in [-0.2, 0) is 0 Å². The van der Waals surface area contributed by atoms with Crippen molar-refractivity contribution in [2.45, 2.75) is 46.1 Å². The third-order valence-electron chi connectivity index (χ3n) is 2.83. The molecule has 0 radical (unpaired) electrons. The molecule has 0 spiro atoms. The zero-order valence-electron chi connectivity index (χ0n) is 11.6. The first kappa shape index (κ1) is 14.6. The van der Waals surface area contributed by atoms with Crippen LogP contribution in [0.4, 0.5) is 10.5 Å². The second-order valence-electron chi connectivity index (χ2n) is 5.19. The number of urea groups is 1. The van der Waals surface area contributed by atoms with Gasteiger partial charge in [-0.1, -0.05) is 44.9 Å². The van der Waals surface area contributed by atoms with Crippen molar-refractivity contribution in [2.75, 3.05) is 5.32 Å². The lowest BCUT2D eigenvalue weighted by atomic mass is 10.0. The van der Waals surface area contributed by atoms with E-state index in [1.807, 2.05) is 37.3 Å². The van der Waals surface area contributed by atoms with Crippen LogP contribution in [0.3, 0.4) is 0 Å². The van der Waals surface area contributed by atoms with Crippen molar-refractivity contribution in [3.05, 3.63) is 30.3 Å². The van der Waals surface area contributed by atoms with Gasteiger partial charge in [-0.3, -0.25) is 0 Å². The van der Waals surface area contributed by atoms with Gasteiger partial charge in [-0.05, 0) is 31.4 Å². The minimum atomic E-state index is -0.127. The van der Waals surface area contributed by atoms with E-state index >= 15 is 0 Å². The SMILES string of the molecule is CC(C)CCC[C@H](C)NC(=O)Nc1ccccc1. The molecule has 100 valence electrons. The van der Waals surface area contributed by atoms with Crippen LogP contribution in [0.25, 0.3) is 0 Å². The summed E-state index contributed by atoms with van der Waals surface area (Å²) in [4.78, 5) is 11.7. The summed E-state index contributed by atoms with van der Waals surface area (Å²) in [6, 6.07) is 9.58. The quantitative estimate of drug-likeness (QED) is 0.784. The van der Waals surface area contributed by atoms with Crippen LogP contribution in [0.1, 0.15) is 40.0 Å². The highest BCUT2D eigenvalue weighted by molar-refractivity contribution is 5.89. The van der Waals surface area contributed by atoms with Crippen LogP contribution in [-0.4, -0.2) is 12.1 Å². The van der Waals surface area contributed by atoms with Crippen LogP contribution in [0.5, 0.6) is 0 Å². The summed E-state index contributed by atoms with van der Waals surface area (Å²) in [7, 11) is 0. The van der Waals surface area contributed by atoms with Crippen molar-refractivity contribution in [3.63, 3.8) is 0 Å². The molecule has 3 heteroatoms. The molecule has 0 aliphatic carbocycles. The van der Waals surface area contributed by atoms with Crippen LogP contribution in [0.2, 0.25) is 0 Å². The molecular weight excluding hydrogens is 224 g/mol. The number of nitrogens with one attached hydrogen (secondary N) is 2. The van der Waals surface area contributed by atoms with E-state index in [1.165, 1.54) is 6.42 Å². The van der Waals surface area contributed by atoms with Gasteiger partial charge >= 0.3 is 6.03 Å². The van der Waals surface area contributed by atoms with E-state index in [4.69, 9.17) is 0 Å². The highest BCUT2D eigenvalue weighted by atomic mass is 16.2. The predicted octanol–water partition coefficient (Wildman–Crippen LogP) is 4.02. The zero-order valence-corrected chi connectivity index (χ0v) is 11.6. The van der Waals surface area contributed by atoms with Gasteiger partial charge in [-0.15, -0.1) is 0 Å². The molecule has 0 aliphatic heterocycles. The van der Waals surface area contributed by atoms with Crippen LogP contribution >= 0.6 is 0 Å². The third kappa shape index (κ3) is 6.28. The number of hydrogen-bond acceptors (Lipinski definition) is 1. The molecule has 0 aromatic heterocycles. The Morgan fingerprint density at radius 2 is 1.78 bits per heavy atom. The van der Waals surface area contributed by atoms with Gasteiger partial charge in [0.15, 0.2) is 0 Å². The second kappa shape index (κ2) is 7.75. The van der Waals surface area contributed by atoms with Gasteiger partial charge in [0, 0.05) is 11.7 Å². The molecule has 1 aromatic rings. The molecule has 1 atom stereocenters. The zero-order chi connectivity index (χ0) is 13.4. The molecule has 0 saturated heterocycles. The average molecular weight is 248 g/mol. The molecule has 3 nitrogen and oxygen atoms in total. The van der Waals surface area contributed by atoms with E-state index < -0.39 is 0 Å². The van der Waals surface area contributed by atoms with Crippen LogP contribution in [0, 0.1) is 5.92 Å². The lowest BCUT2D eigenvalue weighted by molar-refractivity contribution is 0.248. The maximum Gasteiger partial charge on any atom is 0.319 e. The Balaban J connectivity index is 2.23. The van der Waals surface area contributed by atoms with Crippen molar-refractivity contribution < 1.29 is 4.79 Å². The van der Waals surface area contributed by atoms with Gasteiger partial charge in [0.25, 0.3) is 0 Å². The molecule has 18 heavy (non-hydrogen) atoms. The van der Waals surface area contributed by atoms with E-state index in [2.05, 4.69) is 24.5 Å². The highest BCUT2D eigenvalue weighted by Gasteiger charge is 2.07. The van der Waals surface area contributed by atoms with Crippen molar-refractivity contribution in [1.82, 2.24) is 5.32 Å². The molecule has 0 heterocycles. The van der Waals surface area contributed by atoms with E-state index in [0.717, 1.165) is 24.4 Å². The van der Waals surface area contributed by atoms with Crippen molar-refractivity contribution in [1.29, 1.82) is 0 Å². The fourth-order valence-electron chi connectivity index (χ4n) is 1.82. The van der Waals surface area contributed by atoms with Gasteiger partial charge in [0.05, 0.1) is 0 Å². The first-order valence-corrected chi connectivity index (χ1v) is 6.70. The first-order valence-electron chi connectivity index (χ1n) is 6.70. The Kier molecular flexibility index (Phi) is 6.26. The molecule has 2 N–H and O–H groups in total. The number of amides is 2. The summed E-state index contributed by atoms with van der Waals surface area (Å²) in [5.41, 5.74) is 0.824. The topological polar surface area (TPSA) is 41.1 Å². The number of benzene rings is 1. The summed E-state index contributed by atoms with van der Waals surface area (Å²) in [5.74, 6) is 0.732. The minimum absolute atomic E-state index is 0.127. The Bertz CT molecular complexity index is 349. The van der Waals surface area contributed by atoms with Crippen LogP contribution in [0.15, 0.2) is 30.3 Å². The lowest BCUT2D eigenvalue weighted by Crippen LogP contribution is -2.36. The Hall–Kier alpha value is -1.51. The van der Waals surface area contributed by atoms with Gasteiger partial charge in [0.2, 0.25) is 0 Å². The first-order chi connectivity index (χ1) is 8.58. The molecular formula is C15H24N2O. The van der Waals surface area contributed by atoms with Gasteiger partial charge in [-0.25, -0.2) is 4.79 Å². The normalized spacial score (nSPS) is 12.2. The Morgan fingerprint density at radius 1 is 1.11 bits per heavy atom. The molecule has 1 rings (SSSR count). The second-order valence-corrected chi connectivity index (χ2v) is 5.19. The standard InChI is InChI=1S/C15H24N2O/c1-12(2)8-7-9-13(3)16-15(18)17-14-10-5-4-6-11-14/h4-6,10-13H,7-9H2,1-3H3,(H2,16,17,18)/t13-/m0/s1. The summed E-state index contributed by atoms with van der Waals surface area (Å²) < 4.78 is 0.